The Kier molecular flexibility index (Phi) is 4.03. The maximum absolute atomic E-state index is 5.88. The van der Waals surface area contributed by atoms with Crippen LogP contribution < -0.4 is 5.32 Å². The molecule has 0 aliphatic rings. The zero-order chi connectivity index (χ0) is 14.7. The molecular formula is C15H15ClN4O. The molecule has 0 atom stereocenters. The number of hydrogen-bond acceptors (Lipinski definition) is 4. The molecule has 3 rings (SSSR count). The van der Waals surface area contributed by atoms with Crippen LogP contribution in [0.2, 0.25) is 5.02 Å². The van der Waals surface area contributed by atoms with Crippen LogP contribution in [0.25, 0.3) is 5.69 Å². The molecule has 2 heterocycles. The van der Waals surface area contributed by atoms with Crippen LogP contribution in [0.4, 0.5) is 0 Å². The van der Waals surface area contributed by atoms with Crippen molar-refractivity contribution in [2.45, 2.75) is 20.0 Å². The minimum absolute atomic E-state index is 0.670. The van der Waals surface area contributed by atoms with Crippen molar-refractivity contribution in [3.8, 4) is 5.69 Å². The van der Waals surface area contributed by atoms with E-state index in [0.717, 1.165) is 34.3 Å². The zero-order valence-electron chi connectivity index (χ0n) is 11.6. The average Bonchev–Trinajstić information content (AvgIpc) is 3.09. The second-order valence-electron chi connectivity index (χ2n) is 4.80. The van der Waals surface area contributed by atoms with Crippen molar-refractivity contribution in [2.75, 3.05) is 0 Å². The number of hydrogen-bond donors (Lipinski definition) is 1. The first-order chi connectivity index (χ1) is 10.2. The van der Waals surface area contributed by atoms with Gasteiger partial charge in [-0.25, -0.2) is 4.68 Å². The molecule has 1 aromatic carbocycles. The van der Waals surface area contributed by atoms with Gasteiger partial charge in [-0.15, -0.1) is 0 Å². The second kappa shape index (κ2) is 6.11. The van der Waals surface area contributed by atoms with Crippen LogP contribution in [0, 0.1) is 6.92 Å². The third-order valence-electron chi connectivity index (χ3n) is 3.04. The van der Waals surface area contributed by atoms with Crippen molar-refractivity contribution in [3.63, 3.8) is 0 Å². The highest BCUT2D eigenvalue weighted by molar-refractivity contribution is 6.30. The van der Waals surface area contributed by atoms with E-state index in [1.807, 2.05) is 54.3 Å². The van der Waals surface area contributed by atoms with Gasteiger partial charge in [0, 0.05) is 35.9 Å². The number of aromatic nitrogens is 3. The van der Waals surface area contributed by atoms with E-state index in [0.29, 0.717) is 6.54 Å². The van der Waals surface area contributed by atoms with E-state index in [-0.39, 0.29) is 0 Å². The summed E-state index contributed by atoms with van der Waals surface area (Å²) in [5, 5.41) is 12.3. The fourth-order valence-corrected chi connectivity index (χ4v) is 2.15. The molecular weight excluding hydrogens is 288 g/mol. The minimum atomic E-state index is 0.670. The standard InChI is InChI=1S/C15H15ClN4O/c1-11-6-14(19-21-11)9-17-7-12-8-18-20(10-12)15-4-2-13(16)3-5-15/h2-6,8,10,17H,7,9H2,1H3. The van der Waals surface area contributed by atoms with E-state index < -0.39 is 0 Å². The summed E-state index contributed by atoms with van der Waals surface area (Å²) in [5.74, 6) is 0.822. The molecule has 0 radical (unpaired) electrons. The summed E-state index contributed by atoms with van der Waals surface area (Å²) in [4.78, 5) is 0. The van der Waals surface area contributed by atoms with Gasteiger partial charge in [0.2, 0.25) is 0 Å². The van der Waals surface area contributed by atoms with Crippen molar-refractivity contribution in [1.29, 1.82) is 0 Å². The van der Waals surface area contributed by atoms with Gasteiger partial charge >= 0.3 is 0 Å². The van der Waals surface area contributed by atoms with Crippen LogP contribution in [-0.4, -0.2) is 14.9 Å². The molecule has 3 aromatic rings. The molecule has 0 saturated carbocycles. The zero-order valence-corrected chi connectivity index (χ0v) is 12.3. The lowest BCUT2D eigenvalue weighted by molar-refractivity contribution is 0.388. The topological polar surface area (TPSA) is 55.9 Å². The minimum Gasteiger partial charge on any atom is -0.361 e. The number of aryl methyl sites for hydroxylation is 1. The molecule has 0 unspecified atom stereocenters. The summed E-state index contributed by atoms with van der Waals surface area (Å²) in [6.45, 7) is 3.27. The van der Waals surface area contributed by atoms with Crippen LogP contribution in [0.15, 0.2) is 47.2 Å². The Balaban J connectivity index is 1.59. The van der Waals surface area contributed by atoms with E-state index in [2.05, 4.69) is 15.6 Å². The fraction of sp³-hybridized carbons (Fsp3) is 0.200. The lowest BCUT2D eigenvalue weighted by atomic mass is 10.3. The van der Waals surface area contributed by atoms with Gasteiger partial charge < -0.3 is 9.84 Å². The number of nitrogens with zero attached hydrogens (tertiary/aromatic N) is 3. The molecule has 1 N–H and O–H groups in total. The molecule has 0 aliphatic carbocycles. The number of nitrogens with one attached hydrogen (secondary N) is 1. The Bertz CT molecular complexity index is 717. The van der Waals surface area contributed by atoms with Crippen molar-refractivity contribution >= 4 is 11.6 Å². The molecule has 0 spiro atoms. The van der Waals surface area contributed by atoms with Crippen molar-refractivity contribution in [3.05, 3.63) is 64.8 Å². The van der Waals surface area contributed by atoms with Crippen molar-refractivity contribution in [2.24, 2.45) is 0 Å². The van der Waals surface area contributed by atoms with E-state index in [1.54, 1.807) is 0 Å². The maximum atomic E-state index is 5.88. The van der Waals surface area contributed by atoms with Gasteiger partial charge in [0.1, 0.15) is 5.76 Å². The predicted molar refractivity (Wildman–Crippen MR) is 80.4 cm³/mol. The summed E-state index contributed by atoms with van der Waals surface area (Å²) in [6, 6.07) is 9.49. The highest BCUT2D eigenvalue weighted by Crippen LogP contribution is 2.13. The normalized spacial score (nSPS) is 11.0. The molecule has 0 saturated heterocycles. The highest BCUT2D eigenvalue weighted by atomic mass is 35.5. The fourth-order valence-electron chi connectivity index (χ4n) is 2.02. The Morgan fingerprint density at radius 3 is 2.76 bits per heavy atom. The summed E-state index contributed by atoms with van der Waals surface area (Å²) in [7, 11) is 0. The summed E-state index contributed by atoms with van der Waals surface area (Å²) < 4.78 is 6.85. The number of benzene rings is 1. The van der Waals surface area contributed by atoms with Gasteiger partial charge in [0.25, 0.3) is 0 Å². The van der Waals surface area contributed by atoms with E-state index >= 15 is 0 Å². The molecule has 0 fully saturated rings. The predicted octanol–water partition coefficient (Wildman–Crippen LogP) is 3.11. The van der Waals surface area contributed by atoms with Crippen LogP contribution in [0.5, 0.6) is 0 Å². The van der Waals surface area contributed by atoms with E-state index in [4.69, 9.17) is 16.1 Å². The number of rotatable bonds is 5. The average molecular weight is 303 g/mol. The Hall–Kier alpha value is -2.11. The van der Waals surface area contributed by atoms with Gasteiger partial charge in [-0.3, -0.25) is 0 Å². The summed E-state index contributed by atoms with van der Waals surface area (Å²) >= 11 is 5.88. The Morgan fingerprint density at radius 2 is 2.05 bits per heavy atom. The molecule has 2 aromatic heterocycles. The molecule has 5 nitrogen and oxygen atoms in total. The lowest BCUT2D eigenvalue weighted by Crippen LogP contribution is -2.12. The highest BCUT2D eigenvalue weighted by Gasteiger charge is 2.03. The molecule has 6 heteroatoms. The number of halogens is 1. The molecule has 21 heavy (non-hydrogen) atoms. The van der Waals surface area contributed by atoms with Gasteiger partial charge in [-0.2, -0.15) is 5.10 Å². The van der Waals surface area contributed by atoms with Gasteiger partial charge in [-0.1, -0.05) is 16.8 Å². The van der Waals surface area contributed by atoms with Crippen LogP contribution >= 0.6 is 11.6 Å². The summed E-state index contributed by atoms with van der Waals surface area (Å²) in [6.07, 6.45) is 3.83. The van der Waals surface area contributed by atoms with Crippen LogP contribution in [0.3, 0.4) is 0 Å². The molecule has 0 amide bonds. The quantitative estimate of drug-likeness (QED) is 0.787. The Morgan fingerprint density at radius 1 is 1.24 bits per heavy atom. The third-order valence-corrected chi connectivity index (χ3v) is 3.29. The SMILES string of the molecule is Cc1cc(CNCc2cnn(-c3ccc(Cl)cc3)c2)no1. The first kappa shape index (κ1) is 13.9. The van der Waals surface area contributed by atoms with Crippen molar-refractivity contribution in [1.82, 2.24) is 20.3 Å². The lowest BCUT2D eigenvalue weighted by Gasteiger charge is -2.01. The first-order valence-electron chi connectivity index (χ1n) is 6.63. The second-order valence-corrected chi connectivity index (χ2v) is 5.24. The van der Waals surface area contributed by atoms with E-state index in [1.165, 1.54) is 0 Å². The smallest absolute Gasteiger partial charge is 0.133 e. The third kappa shape index (κ3) is 3.51. The maximum Gasteiger partial charge on any atom is 0.133 e. The monoisotopic (exact) mass is 302 g/mol. The molecule has 108 valence electrons. The summed E-state index contributed by atoms with van der Waals surface area (Å²) in [5.41, 5.74) is 2.99. The van der Waals surface area contributed by atoms with Gasteiger partial charge in [0.15, 0.2) is 0 Å². The van der Waals surface area contributed by atoms with Crippen LogP contribution in [-0.2, 0) is 13.1 Å². The first-order valence-corrected chi connectivity index (χ1v) is 7.01. The van der Waals surface area contributed by atoms with E-state index in [9.17, 15) is 0 Å². The Labute approximate surface area is 127 Å². The largest absolute Gasteiger partial charge is 0.361 e. The van der Waals surface area contributed by atoms with Crippen molar-refractivity contribution < 1.29 is 4.52 Å². The molecule has 0 bridgehead atoms. The molecule has 0 aliphatic heterocycles. The van der Waals surface area contributed by atoms with Crippen LogP contribution in [0.1, 0.15) is 17.0 Å². The van der Waals surface area contributed by atoms with Gasteiger partial charge in [-0.05, 0) is 31.2 Å². The van der Waals surface area contributed by atoms with Gasteiger partial charge in [0.05, 0.1) is 17.6 Å².